The van der Waals surface area contributed by atoms with Crippen LogP contribution in [0, 0.1) is 0 Å². The molecule has 3 rings (SSSR count). The van der Waals surface area contributed by atoms with Crippen molar-refractivity contribution in [2.45, 2.75) is 0 Å². The second-order valence-electron chi connectivity index (χ2n) is 5.20. The Kier molecular flexibility index (Phi) is 5.65. The van der Waals surface area contributed by atoms with E-state index < -0.39 is 11.8 Å². The highest BCUT2D eigenvalue weighted by atomic mass is 35.5. The Morgan fingerprint density at radius 2 is 2.08 bits per heavy atom. The molecule has 0 aliphatic carbocycles. The smallest absolute Gasteiger partial charge is 0.293 e. The monoisotopic (exact) mass is 388 g/mol. The van der Waals surface area contributed by atoms with E-state index in [1.54, 1.807) is 30.3 Å². The summed E-state index contributed by atoms with van der Waals surface area (Å²) in [7, 11) is 0. The number of hydrogen-bond donors (Lipinski definition) is 1. The van der Waals surface area contributed by atoms with Crippen LogP contribution in [0.15, 0.2) is 47.8 Å². The molecule has 26 heavy (non-hydrogen) atoms. The van der Waals surface area contributed by atoms with Gasteiger partial charge in [0, 0.05) is 30.5 Å². The maximum atomic E-state index is 12.4. The average molecular weight is 389 g/mol. The van der Waals surface area contributed by atoms with Crippen LogP contribution in [0.2, 0.25) is 5.02 Å². The number of benzene rings is 1. The fraction of sp³-hybridized carbons (Fsp3) is 0.118. The van der Waals surface area contributed by atoms with Crippen molar-refractivity contribution >= 4 is 46.5 Å². The molecule has 0 saturated carbocycles. The summed E-state index contributed by atoms with van der Waals surface area (Å²) < 4.78 is 0. The maximum Gasteiger partial charge on any atom is 0.293 e. The number of carbonyl (C=O) groups is 3. The second kappa shape index (κ2) is 8.11. The van der Waals surface area contributed by atoms with Crippen molar-refractivity contribution in [2.75, 3.05) is 13.1 Å². The van der Waals surface area contributed by atoms with E-state index in [-0.39, 0.29) is 24.0 Å². The molecular weight excluding hydrogens is 376 g/mol. The predicted octanol–water partition coefficient (Wildman–Crippen LogP) is 2.60. The molecule has 3 amide bonds. The van der Waals surface area contributed by atoms with Crippen molar-refractivity contribution in [3.05, 3.63) is 64.0 Å². The summed E-state index contributed by atoms with van der Waals surface area (Å²) in [5.41, 5.74) is 0.830. The number of thioether (sulfide) groups is 1. The van der Waals surface area contributed by atoms with Crippen molar-refractivity contribution < 1.29 is 14.4 Å². The molecule has 2 aromatic rings. The first-order valence-corrected chi connectivity index (χ1v) is 8.80. The van der Waals surface area contributed by atoms with Crippen LogP contribution in [-0.4, -0.2) is 45.0 Å². The summed E-state index contributed by atoms with van der Waals surface area (Å²) in [5, 5.41) is 2.71. The summed E-state index contributed by atoms with van der Waals surface area (Å²) in [5.74, 6) is -0.828. The number of nitrogens with zero attached hydrogens (tertiary/aromatic N) is 3. The molecule has 0 radical (unpaired) electrons. The lowest BCUT2D eigenvalue weighted by Crippen LogP contribution is -2.37. The summed E-state index contributed by atoms with van der Waals surface area (Å²) in [6.45, 7) is 0.184. The third kappa shape index (κ3) is 4.09. The molecule has 1 aromatic carbocycles. The zero-order valence-corrected chi connectivity index (χ0v) is 15.0. The molecule has 1 saturated heterocycles. The normalized spacial score (nSPS) is 15.6. The van der Waals surface area contributed by atoms with Gasteiger partial charge in [0.25, 0.3) is 17.1 Å². The highest BCUT2D eigenvalue weighted by Crippen LogP contribution is 2.33. The molecule has 1 fully saturated rings. The van der Waals surface area contributed by atoms with Gasteiger partial charge in [0.15, 0.2) is 0 Å². The molecule has 2 heterocycles. The van der Waals surface area contributed by atoms with Gasteiger partial charge < -0.3 is 5.32 Å². The van der Waals surface area contributed by atoms with Crippen LogP contribution in [0.5, 0.6) is 0 Å². The molecular formula is C17H13ClN4O3S. The number of nitrogens with one attached hydrogen (secondary N) is 1. The molecule has 1 N–H and O–H groups in total. The number of carbonyl (C=O) groups excluding carboxylic acids is 3. The van der Waals surface area contributed by atoms with Crippen LogP contribution < -0.4 is 5.32 Å². The topological polar surface area (TPSA) is 92.3 Å². The lowest BCUT2D eigenvalue weighted by Gasteiger charge is -2.12. The van der Waals surface area contributed by atoms with Crippen molar-refractivity contribution in [2.24, 2.45) is 0 Å². The Balaban J connectivity index is 1.61. The van der Waals surface area contributed by atoms with Crippen LogP contribution in [-0.2, 0) is 4.79 Å². The fourth-order valence-corrected chi connectivity index (χ4v) is 3.26. The first-order valence-electron chi connectivity index (χ1n) is 7.60. The number of rotatable bonds is 5. The molecule has 7 nitrogen and oxygen atoms in total. The van der Waals surface area contributed by atoms with E-state index in [4.69, 9.17) is 11.6 Å². The highest BCUT2D eigenvalue weighted by Gasteiger charge is 2.34. The third-order valence-corrected chi connectivity index (χ3v) is 4.73. The van der Waals surface area contributed by atoms with Gasteiger partial charge in [-0.2, -0.15) is 0 Å². The zero-order valence-electron chi connectivity index (χ0n) is 13.4. The first-order chi connectivity index (χ1) is 12.6. The molecule has 0 unspecified atom stereocenters. The first kappa shape index (κ1) is 18.1. The van der Waals surface area contributed by atoms with Gasteiger partial charge in [-0.3, -0.25) is 24.3 Å². The van der Waals surface area contributed by atoms with Crippen molar-refractivity contribution in [1.82, 2.24) is 20.2 Å². The van der Waals surface area contributed by atoms with Crippen LogP contribution in [0.25, 0.3) is 6.08 Å². The highest BCUT2D eigenvalue weighted by molar-refractivity contribution is 8.18. The van der Waals surface area contributed by atoms with E-state index in [9.17, 15) is 14.4 Å². The van der Waals surface area contributed by atoms with Crippen molar-refractivity contribution in [3.63, 3.8) is 0 Å². The van der Waals surface area contributed by atoms with Gasteiger partial charge in [-0.05, 0) is 29.5 Å². The summed E-state index contributed by atoms with van der Waals surface area (Å²) in [4.78, 5) is 45.5. The maximum absolute atomic E-state index is 12.4. The number of halogens is 1. The Bertz CT molecular complexity index is 889. The van der Waals surface area contributed by atoms with Crippen molar-refractivity contribution in [1.29, 1.82) is 0 Å². The average Bonchev–Trinajstić information content (AvgIpc) is 2.91. The quantitative estimate of drug-likeness (QED) is 0.791. The Morgan fingerprint density at radius 3 is 2.81 bits per heavy atom. The minimum Gasteiger partial charge on any atom is -0.349 e. The van der Waals surface area contributed by atoms with E-state index >= 15 is 0 Å². The second-order valence-corrected chi connectivity index (χ2v) is 6.60. The van der Waals surface area contributed by atoms with E-state index in [0.29, 0.717) is 15.5 Å². The van der Waals surface area contributed by atoms with Gasteiger partial charge in [0.1, 0.15) is 5.69 Å². The number of imide groups is 1. The molecule has 1 aliphatic heterocycles. The third-order valence-electron chi connectivity index (χ3n) is 3.48. The van der Waals surface area contributed by atoms with E-state index in [1.807, 2.05) is 0 Å². The minimum absolute atomic E-state index is 0.0660. The van der Waals surface area contributed by atoms with Crippen LogP contribution >= 0.6 is 23.4 Å². The van der Waals surface area contributed by atoms with Gasteiger partial charge in [-0.15, -0.1) is 0 Å². The minimum atomic E-state index is -0.420. The van der Waals surface area contributed by atoms with Crippen LogP contribution in [0.1, 0.15) is 16.1 Å². The van der Waals surface area contributed by atoms with E-state index in [1.165, 1.54) is 18.6 Å². The molecule has 0 spiro atoms. The van der Waals surface area contributed by atoms with Gasteiger partial charge >= 0.3 is 0 Å². The largest absolute Gasteiger partial charge is 0.349 e. The zero-order chi connectivity index (χ0) is 18.5. The van der Waals surface area contributed by atoms with Gasteiger partial charge in [0.05, 0.1) is 11.1 Å². The lowest BCUT2D eigenvalue weighted by molar-refractivity contribution is -0.122. The predicted molar refractivity (Wildman–Crippen MR) is 98.5 cm³/mol. The molecule has 0 atom stereocenters. The number of aromatic nitrogens is 2. The van der Waals surface area contributed by atoms with E-state index in [2.05, 4.69) is 15.3 Å². The molecule has 1 aromatic heterocycles. The fourth-order valence-electron chi connectivity index (χ4n) is 2.21. The SMILES string of the molecule is O=C(NCCN1C(=O)SC(=Cc2ccccc2Cl)C1=O)c1cnccn1. The van der Waals surface area contributed by atoms with Crippen LogP contribution in [0.3, 0.4) is 0 Å². The Labute approximate surface area is 158 Å². The molecule has 1 aliphatic rings. The standard InChI is InChI=1S/C17H13ClN4O3S/c18-12-4-2-1-3-11(12)9-14-16(24)22(17(25)26-14)8-7-21-15(23)13-10-19-5-6-20-13/h1-6,9-10H,7-8H2,(H,21,23). The molecule has 132 valence electrons. The van der Waals surface area contributed by atoms with Gasteiger partial charge in [-0.1, -0.05) is 29.8 Å². The number of hydrogen-bond acceptors (Lipinski definition) is 6. The van der Waals surface area contributed by atoms with Crippen LogP contribution in [0.4, 0.5) is 4.79 Å². The van der Waals surface area contributed by atoms with E-state index in [0.717, 1.165) is 16.7 Å². The molecule has 0 bridgehead atoms. The summed E-state index contributed by atoms with van der Waals surface area (Å²) in [6.07, 6.45) is 5.79. The van der Waals surface area contributed by atoms with Gasteiger partial charge in [-0.25, -0.2) is 4.98 Å². The summed E-state index contributed by atoms with van der Waals surface area (Å²) in [6, 6.07) is 7.05. The lowest BCUT2D eigenvalue weighted by atomic mass is 10.2. The van der Waals surface area contributed by atoms with Crippen molar-refractivity contribution in [3.8, 4) is 0 Å². The molecule has 9 heteroatoms. The summed E-state index contributed by atoms with van der Waals surface area (Å²) >= 11 is 6.92. The van der Waals surface area contributed by atoms with Gasteiger partial charge in [0.2, 0.25) is 0 Å². The number of amides is 3. The Morgan fingerprint density at radius 1 is 1.27 bits per heavy atom. The Hall–Kier alpha value is -2.71.